The molecule has 0 aliphatic carbocycles. The Hall–Kier alpha value is -1.36. The quantitative estimate of drug-likeness (QED) is 0.665. The molecule has 0 aromatic carbocycles. The second kappa shape index (κ2) is 3.60. The predicted molar refractivity (Wildman–Crippen MR) is 67.2 cm³/mol. The first-order chi connectivity index (χ1) is 9.12. The van der Waals surface area contributed by atoms with Gasteiger partial charge in [-0.3, -0.25) is 4.79 Å². The highest BCUT2D eigenvalue weighted by Crippen LogP contribution is 2.52. The van der Waals surface area contributed by atoms with Crippen molar-refractivity contribution in [3.63, 3.8) is 0 Å². The van der Waals surface area contributed by atoms with Crippen molar-refractivity contribution in [3.05, 3.63) is 11.6 Å². The van der Waals surface area contributed by atoms with Gasteiger partial charge in [0.15, 0.2) is 0 Å². The van der Waals surface area contributed by atoms with Gasteiger partial charge in [-0.15, -0.1) is 0 Å². The smallest absolute Gasteiger partial charge is 0.331 e. The van der Waals surface area contributed by atoms with E-state index in [1.54, 1.807) is 6.08 Å². The third-order valence-corrected chi connectivity index (χ3v) is 5.32. The molecule has 4 heterocycles. The molecular formula is C14H18N2O3. The van der Waals surface area contributed by atoms with Crippen LogP contribution in [-0.2, 0) is 14.3 Å². The highest BCUT2D eigenvalue weighted by molar-refractivity contribution is 5.87. The lowest BCUT2D eigenvalue weighted by molar-refractivity contribution is -0.135. The van der Waals surface area contributed by atoms with E-state index >= 15 is 0 Å². The molecule has 5 heteroatoms. The summed E-state index contributed by atoms with van der Waals surface area (Å²) in [5, 5.41) is 6.64. The fourth-order valence-electron chi connectivity index (χ4n) is 4.47. The Kier molecular flexibility index (Phi) is 2.17. The second-order valence-corrected chi connectivity index (χ2v) is 6.41. The number of piperidine rings is 1. The Bertz CT molecular complexity index is 501. The Morgan fingerprint density at radius 2 is 2.21 bits per heavy atom. The van der Waals surface area contributed by atoms with Crippen LogP contribution in [0.4, 0.5) is 0 Å². The number of fused-ring (bicyclic) bond motifs is 2. The molecule has 4 aliphatic rings. The van der Waals surface area contributed by atoms with Gasteiger partial charge in [0.25, 0.3) is 0 Å². The predicted octanol–water partition coefficient (Wildman–Crippen LogP) is 0.260. The lowest BCUT2D eigenvalue weighted by atomic mass is 9.68. The van der Waals surface area contributed by atoms with E-state index in [2.05, 4.69) is 10.6 Å². The number of nitrogens with one attached hydrogen (secondary N) is 2. The summed E-state index contributed by atoms with van der Waals surface area (Å²) < 4.78 is 5.07. The van der Waals surface area contributed by atoms with E-state index in [0.29, 0.717) is 12.6 Å². The van der Waals surface area contributed by atoms with Gasteiger partial charge in [0.2, 0.25) is 5.91 Å². The summed E-state index contributed by atoms with van der Waals surface area (Å²) in [6.45, 7) is 1.17. The molecule has 4 aliphatic heterocycles. The van der Waals surface area contributed by atoms with Crippen LogP contribution < -0.4 is 10.6 Å². The molecule has 102 valence electrons. The Labute approximate surface area is 111 Å². The number of esters is 1. The third-order valence-electron chi connectivity index (χ3n) is 5.32. The summed E-state index contributed by atoms with van der Waals surface area (Å²) in [5.41, 5.74) is 0.633. The zero-order valence-corrected chi connectivity index (χ0v) is 10.8. The standard InChI is InChI=1S/C14H18N2O3/c17-11-5-9(7-19-11)14-2-1-10(16-14)6-13(8-14)3-4-15-12(13)18/h5,10,16H,1-4,6-8H2,(H,15,18). The van der Waals surface area contributed by atoms with Gasteiger partial charge in [-0.25, -0.2) is 4.79 Å². The number of hydrogen-bond acceptors (Lipinski definition) is 4. The fourth-order valence-corrected chi connectivity index (χ4v) is 4.47. The van der Waals surface area contributed by atoms with Gasteiger partial charge in [0, 0.05) is 24.2 Å². The van der Waals surface area contributed by atoms with Crippen LogP contribution in [0.5, 0.6) is 0 Å². The molecule has 2 bridgehead atoms. The minimum Gasteiger partial charge on any atom is -0.458 e. The zero-order valence-electron chi connectivity index (χ0n) is 10.8. The van der Waals surface area contributed by atoms with E-state index < -0.39 is 0 Å². The molecule has 3 atom stereocenters. The molecule has 3 saturated heterocycles. The van der Waals surface area contributed by atoms with Crippen LogP contribution in [0.3, 0.4) is 0 Å². The zero-order chi connectivity index (χ0) is 13.1. The molecule has 3 fully saturated rings. The molecule has 0 aromatic heterocycles. The van der Waals surface area contributed by atoms with Crippen LogP contribution in [0.25, 0.3) is 0 Å². The molecule has 19 heavy (non-hydrogen) atoms. The Morgan fingerprint density at radius 3 is 2.89 bits per heavy atom. The summed E-state index contributed by atoms with van der Waals surface area (Å²) in [6.07, 6.45) is 6.39. The number of ether oxygens (including phenoxy) is 1. The molecule has 4 rings (SSSR count). The Morgan fingerprint density at radius 1 is 1.32 bits per heavy atom. The van der Waals surface area contributed by atoms with Crippen molar-refractivity contribution in [1.29, 1.82) is 0 Å². The summed E-state index contributed by atoms with van der Waals surface area (Å²) in [7, 11) is 0. The normalized spacial score (nSPS) is 44.4. The van der Waals surface area contributed by atoms with Crippen LogP contribution in [0.15, 0.2) is 11.6 Å². The van der Waals surface area contributed by atoms with Crippen LogP contribution in [-0.4, -0.2) is 36.6 Å². The van der Waals surface area contributed by atoms with Crippen LogP contribution in [0, 0.1) is 5.41 Å². The van der Waals surface area contributed by atoms with E-state index in [1.807, 2.05) is 0 Å². The Balaban J connectivity index is 1.71. The molecule has 1 spiro atoms. The van der Waals surface area contributed by atoms with Crippen molar-refractivity contribution in [1.82, 2.24) is 10.6 Å². The fraction of sp³-hybridized carbons (Fsp3) is 0.714. The first-order valence-electron chi connectivity index (χ1n) is 7.06. The lowest BCUT2D eigenvalue weighted by Crippen LogP contribution is -2.56. The van der Waals surface area contributed by atoms with Crippen molar-refractivity contribution in [2.45, 2.75) is 43.7 Å². The first-order valence-corrected chi connectivity index (χ1v) is 7.06. The summed E-state index contributed by atoms with van der Waals surface area (Å²) >= 11 is 0. The van der Waals surface area contributed by atoms with Crippen molar-refractivity contribution in [3.8, 4) is 0 Å². The number of carbonyl (C=O) groups is 2. The summed E-state index contributed by atoms with van der Waals surface area (Å²) in [6, 6.07) is 0.397. The lowest BCUT2D eigenvalue weighted by Gasteiger charge is -2.44. The monoisotopic (exact) mass is 262 g/mol. The van der Waals surface area contributed by atoms with Crippen LogP contribution in [0.2, 0.25) is 0 Å². The maximum Gasteiger partial charge on any atom is 0.331 e. The topological polar surface area (TPSA) is 67.4 Å². The highest BCUT2D eigenvalue weighted by Gasteiger charge is 2.58. The third kappa shape index (κ3) is 1.51. The van der Waals surface area contributed by atoms with E-state index in [1.165, 1.54) is 0 Å². The number of hydrogen-bond donors (Lipinski definition) is 2. The van der Waals surface area contributed by atoms with Gasteiger partial charge in [-0.05, 0) is 37.7 Å². The van der Waals surface area contributed by atoms with Gasteiger partial charge in [-0.2, -0.15) is 0 Å². The van der Waals surface area contributed by atoms with Crippen LogP contribution >= 0.6 is 0 Å². The molecule has 0 saturated carbocycles. The maximum atomic E-state index is 12.2. The van der Waals surface area contributed by atoms with Gasteiger partial charge in [0.05, 0.1) is 5.41 Å². The molecular weight excluding hydrogens is 244 g/mol. The minimum atomic E-state index is -0.245. The van der Waals surface area contributed by atoms with Crippen molar-refractivity contribution in [2.24, 2.45) is 5.41 Å². The molecule has 0 radical (unpaired) electrons. The van der Waals surface area contributed by atoms with E-state index in [0.717, 1.165) is 44.2 Å². The average Bonchev–Trinajstić information content (AvgIpc) is 3.03. The van der Waals surface area contributed by atoms with Crippen LogP contribution in [0.1, 0.15) is 32.1 Å². The number of cyclic esters (lactones) is 1. The molecule has 0 aromatic rings. The van der Waals surface area contributed by atoms with Crippen molar-refractivity contribution >= 4 is 11.9 Å². The second-order valence-electron chi connectivity index (χ2n) is 6.41. The maximum absolute atomic E-state index is 12.2. The van der Waals surface area contributed by atoms with Gasteiger partial charge >= 0.3 is 5.97 Å². The van der Waals surface area contributed by atoms with Gasteiger partial charge in [-0.1, -0.05) is 0 Å². The van der Waals surface area contributed by atoms with Crippen molar-refractivity contribution < 1.29 is 14.3 Å². The number of rotatable bonds is 1. The van der Waals surface area contributed by atoms with E-state index in [4.69, 9.17) is 4.74 Å². The molecule has 2 N–H and O–H groups in total. The molecule has 3 unspecified atom stereocenters. The minimum absolute atomic E-state index is 0.184. The largest absolute Gasteiger partial charge is 0.458 e. The highest BCUT2D eigenvalue weighted by atomic mass is 16.5. The molecule has 1 amide bonds. The van der Waals surface area contributed by atoms with Gasteiger partial charge in [0.1, 0.15) is 6.61 Å². The summed E-state index contributed by atoms with van der Waals surface area (Å²) in [5.74, 6) is -0.0405. The van der Waals surface area contributed by atoms with E-state index in [9.17, 15) is 9.59 Å². The number of amides is 1. The number of carbonyl (C=O) groups excluding carboxylic acids is 2. The van der Waals surface area contributed by atoms with Crippen molar-refractivity contribution in [2.75, 3.05) is 13.2 Å². The first kappa shape index (κ1) is 11.5. The van der Waals surface area contributed by atoms with E-state index in [-0.39, 0.29) is 22.8 Å². The summed E-state index contributed by atoms with van der Waals surface area (Å²) in [4.78, 5) is 23.6. The van der Waals surface area contributed by atoms with Gasteiger partial charge < -0.3 is 15.4 Å². The SMILES string of the molecule is O=C1C=C(C23CCC(CC4(CCNC4=O)C2)N3)CO1. The average molecular weight is 262 g/mol. The molecule has 5 nitrogen and oxygen atoms in total.